The molecule has 0 aliphatic heterocycles. The van der Waals surface area contributed by atoms with Crippen molar-refractivity contribution in [3.8, 4) is 0 Å². The van der Waals surface area contributed by atoms with Gasteiger partial charge in [-0.05, 0) is 6.07 Å². The van der Waals surface area contributed by atoms with Crippen LogP contribution in [-0.2, 0) is 0 Å². The highest BCUT2D eigenvalue weighted by molar-refractivity contribution is 6.29. The molecule has 0 aliphatic rings. The van der Waals surface area contributed by atoms with Gasteiger partial charge in [0.05, 0.1) is 4.92 Å². The van der Waals surface area contributed by atoms with Crippen LogP contribution in [0.3, 0.4) is 0 Å². The van der Waals surface area contributed by atoms with Gasteiger partial charge in [0.15, 0.2) is 0 Å². The quantitative estimate of drug-likeness (QED) is 0.533. The number of carbonyl (C=O) groups excluding carboxylic acids is 1. The standard InChI is InChI=1S/C11H5ClF2N4O3/c12-7-3-8(16-4-15-7)17-11(19)9-5(13)1-2-6(10(9)14)18(20)21/h1-4H,(H,15,16,17,19). The van der Waals surface area contributed by atoms with Gasteiger partial charge in [0, 0.05) is 12.1 Å². The summed E-state index contributed by atoms with van der Waals surface area (Å²) in [6, 6.07) is 2.40. The van der Waals surface area contributed by atoms with E-state index in [0.717, 1.165) is 12.4 Å². The molecule has 0 bridgehead atoms. The van der Waals surface area contributed by atoms with Crippen LogP contribution in [0.4, 0.5) is 20.3 Å². The summed E-state index contributed by atoms with van der Waals surface area (Å²) in [5.74, 6) is -4.15. The van der Waals surface area contributed by atoms with Crippen LogP contribution < -0.4 is 5.32 Å². The monoisotopic (exact) mass is 314 g/mol. The molecule has 0 fully saturated rings. The van der Waals surface area contributed by atoms with E-state index < -0.39 is 33.7 Å². The van der Waals surface area contributed by atoms with Crippen molar-refractivity contribution in [2.75, 3.05) is 5.32 Å². The molecule has 10 heteroatoms. The normalized spacial score (nSPS) is 10.2. The van der Waals surface area contributed by atoms with Crippen molar-refractivity contribution in [1.82, 2.24) is 9.97 Å². The molecule has 21 heavy (non-hydrogen) atoms. The van der Waals surface area contributed by atoms with Crippen LogP contribution in [0.1, 0.15) is 10.4 Å². The molecule has 1 aromatic heterocycles. The average molecular weight is 315 g/mol. The lowest BCUT2D eigenvalue weighted by atomic mass is 10.1. The van der Waals surface area contributed by atoms with Crippen molar-refractivity contribution < 1.29 is 18.5 Å². The second-order valence-electron chi connectivity index (χ2n) is 3.69. The number of hydrogen-bond donors (Lipinski definition) is 1. The molecule has 0 spiro atoms. The van der Waals surface area contributed by atoms with Crippen molar-refractivity contribution in [3.63, 3.8) is 0 Å². The SMILES string of the molecule is O=C(Nc1cc(Cl)ncn1)c1c(F)ccc([N+](=O)[O-])c1F. The number of benzene rings is 1. The summed E-state index contributed by atoms with van der Waals surface area (Å²) in [6.07, 6.45) is 1.03. The number of nitro groups is 1. The molecule has 0 aliphatic carbocycles. The van der Waals surface area contributed by atoms with Crippen LogP contribution >= 0.6 is 11.6 Å². The number of halogens is 3. The summed E-state index contributed by atoms with van der Waals surface area (Å²) >= 11 is 5.56. The number of hydrogen-bond acceptors (Lipinski definition) is 5. The van der Waals surface area contributed by atoms with Crippen LogP contribution in [0.15, 0.2) is 24.5 Å². The summed E-state index contributed by atoms with van der Waals surface area (Å²) in [4.78, 5) is 28.5. The Morgan fingerprint density at radius 2 is 2.05 bits per heavy atom. The Bertz CT molecular complexity index is 741. The fraction of sp³-hybridized carbons (Fsp3) is 0. The number of aromatic nitrogens is 2. The van der Waals surface area contributed by atoms with E-state index in [2.05, 4.69) is 15.3 Å². The summed E-state index contributed by atoms with van der Waals surface area (Å²) in [6.45, 7) is 0. The van der Waals surface area contributed by atoms with Gasteiger partial charge in [0.2, 0.25) is 5.82 Å². The number of anilines is 1. The molecule has 0 atom stereocenters. The fourth-order valence-corrected chi connectivity index (χ4v) is 1.62. The zero-order chi connectivity index (χ0) is 15.6. The maximum Gasteiger partial charge on any atom is 0.305 e. The Kier molecular flexibility index (Phi) is 4.03. The van der Waals surface area contributed by atoms with Crippen molar-refractivity contribution in [2.45, 2.75) is 0 Å². The first kappa shape index (κ1) is 14.7. The molecule has 1 aromatic carbocycles. The minimum Gasteiger partial charge on any atom is -0.306 e. The Morgan fingerprint density at radius 3 is 2.67 bits per heavy atom. The van der Waals surface area contributed by atoms with Gasteiger partial charge in [-0.25, -0.2) is 14.4 Å². The summed E-state index contributed by atoms with van der Waals surface area (Å²) in [5, 5.41) is 12.7. The van der Waals surface area contributed by atoms with Crippen molar-refractivity contribution in [3.05, 3.63) is 57.0 Å². The first-order chi connectivity index (χ1) is 9.90. The van der Waals surface area contributed by atoms with Gasteiger partial charge in [-0.3, -0.25) is 14.9 Å². The van der Waals surface area contributed by atoms with E-state index in [1.54, 1.807) is 0 Å². The van der Waals surface area contributed by atoms with Crippen LogP contribution in [0, 0.1) is 21.7 Å². The molecule has 1 amide bonds. The molecule has 2 aromatic rings. The van der Waals surface area contributed by atoms with Crippen molar-refractivity contribution in [2.24, 2.45) is 0 Å². The van der Waals surface area contributed by atoms with E-state index in [1.807, 2.05) is 0 Å². The van der Waals surface area contributed by atoms with E-state index >= 15 is 0 Å². The molecular weight excluding hydrogens is 310 g/mol. The summed E-state index contributed by atoms with van der Waals surface area (Å²) in [5.41, 5.74) is -2.10. The van der Waals surface area contributed by atoms with Crippen LogP contribution in [0.25, 0.3) is 0 Å². The van der Waals surface area contributed by atoms with Gasteiger partial charge in [-0.2, -0.15) is 4.39 Å². The fourth-order valence-electron chi connectivity index (χ4n) is 1.47. The number of nitrogens with one attached hydrogen (secondary N) is 1. The first-order valence-corrected chi connectivity index (χ1v) is 5.69. The highest BCUT2D eigenvalue weighted by Gasteiger charge is 2.26. The molecule has 7 nitrogen and oxygen atoms in total. The Morgan fingerprint density at radius 1 is 1.33 bits per heavy atom. The van der Waals surface area contributed by atoms with Crippen molar-refractivity contribution >= 4 is 29.0 Å². The highest BCUT2D eigenvalue weighted by Crippen LogP contribution is 2.23. The van der Waals surface area contributed by atoms with Crippen LogP contribution in [0.5, 0.6) is 0 Å². The number of carbonyl (C=O) groups is 1. The molecule has 0 radical (unpaired) electrons. The second kappa shape index (κ2) is 5.75. The van der Waals surface area contributed by atoms with E-state index in [1.165, 1.54) is 0 Å². The Balaban J connectivity index is 2.39. The molecule has 0 saturated heterocycles. The molecule has 0 saturated carbocycles. The predicted octanol–water partition coefficient (Wildman–Crippen LogP) is 2.57. The smallest absolute Gasteiger partial charge is 0.305 e. The Labute approximate surface area is 120 Å². The lowest BCUT2D eigenvalue weighted by molar-refractivity contribution is -0.387. The third-order valence-electron chi connectivity index (χ3n) is 2.37. The molecule has 1 N–H and O–H groups in total. The lowest BCUT2D eigenvalue weighted by Gasteiger charge is -2.06. The number of amides is 1. The first-order valence-electron chi connectivity index (χ1n) is 5.31. The van der Waals surface area contributed by atoms with E-state index in [9.17, 15) is 23.7 Å². The zero-order valence-corrected chi connectivity index (χ0v) is 10.8. The molecule has 2 rings (SSSR count). The maximum absolute atomic E-state index is 13.8. The van der Waals surface area contributed by atoms with E-state index in [-0.39, 0.29) is 11.0 Å². The second-order valence-corrected chi connectivity index (χ2v) is 4.08. The van der Waals surface area contributed by atoms with Crippen LogP contribution in [0.2, 0.25) is 5.15 Å². The molecule has 108 valence electrons. The van der Waals surface area contributed by atoms with Crippen molar-refractivity contribution in [1.29, 1.82) is 0 Å². The molecule has 0 unspecified atom stereocenters. The number of nitro benzene ring substituents is 1. The van der Waals surface area contributed by atoms with E-state index in [0.29, 0.717) is 12.1 Å². The van der Waals surface area contributed by atoms with Gasteiger partial charge in [0.1, 0.15) is 28.7 Å². The van der Waals surface area contributed by atoms with Gasteiger partial charge >= 0.3 is 5.69 Å². The van der Waals surface area contributed by atoms with Crippen LogP contribution in [-0.4, -0.2) is 20.8 Å². The molecular formula is C11H5ClF2N4O3. The van der Waals surface area contributed by atoms with Gasteiger partial charge in [-0.15, -0.1) is 0 Å². The zero-order valence-electron chi connectivity index (χ0n) is 10.0. The third kappa shape index (κ3) is 3.08. The maximum atomic E-state index is 13.8. The minimum atomic E-state index is -1.57. The van der Waals surface area contributed by atoms with Gasteiger partial charge < -0.3 is 5.32 Å². The van der Waals surface area contributed by atoms with Gasteiger partial charge in [-0.1, -0.05) is 11.6 Å². The number of rotatable bonds is 3. The number of nitrogens with zero attached hydrogens (tertiary/aromatic N) is 3. The average Bonchev–Trinajstić information content (AvgIpc) is 2.38. The lowest BCUT2D eigenvalue weighted by Crippen LogP contribution is -2.17. The van der Waals surface area contributed by atoms with E-state index in [4.69, 9.17) is 11.6 Å². The predicted molar refractivity (Wildman–Crippen MR) is 68.0 cm³/mol. The summed E-state index contributed by atoms with van der Waals surface area (Å²) in [7, 11) is 0. The molecule has 1 heterocycles. The van der Waals surface area contributed by atoms with Gasteiger partial charge in [0.25, 0.3) is 5.91 Å². The third-order valence-corrected chi connectivity index (χ3v) is 2.58. The highest BCUT2D eigenvalue weighted by atomic mass is 35.5. The largest absolute Gasteiger partial charge is 0.306 e. The minimum absolute atomic E-state index is 0.000265. The summed E-state index contributed by atoms with van der Waals surface area (Å²) < 4.78 is 27.4. The Hall–Kier alpha value is -2.68. The topological polar surface area (TPSA) is 98.0 Å².